The average Bonchev–Trinajstić information content (AvgIpc) is 2.99. The van der Waals surface area contributed by atoms with Crippen molar-refractivity contribution in [3.63, 3.8) is 0 Å². The molecular weight excluding hydrogens is 380 g/mol. The fourth-order valence-corrected chi connectivity index (χ4v) is 3.59. The van der Waals surface area contributed by atoms with Crippen LogP contribution < -0.4 is 10.1 Å². The van der Waals surface area contributed by atoms with E-state index < -0.39 is 5.97 Å². The van der Waals surface area contributed by atoms with Crippen LogP contribution in [-0.4, -0.2) is 30.2 Å². The maximum Gasteiger partial charge on any atom is 0.355 e. The zero-order chi connectivity index (χ0) is 21.7. The molecule has 0 saturated carbocycles. The zero-order valence-electron chi connectivity index (χ0n) is 17.7. The van der Waals surface area contributed by atoms with E-state index in [0.29, 0.717) is 40.5 Å². The molecule has 0 bridgehead atoms. The number of hydrogen-bond donors (Lipinski definition) is 1. The number of anilines is 1. The zero-order valence-corrected chi connectivity index (χ0v) is 17.7. The van der Waals surface area contributed by atoms with Crippen LogP contribution in [0.3, 0.4) is 0 Å². The van der Waals surface area contributed by atoms with E-state index in [1.807, 2.05) is 54.0 Å². The number of methoxy groups -OCH3 is 1. The molecule has 30 heavy (non-hydrogen) atoms. The van der Waals surface area contributed by atoms with Gasteiger partial charge in [0.05, 0.1) is 25.0 Å². The van der Waals surface area contributed by atoms with E-state index in [4.69, 9.17) is 9.47 Å². The van der Waals surface area contributed by atoms with Crippen molar-refractivity contribution >= 4 is 17.6 Å². The molecule has 0 aliphatic heterocycles. The molecule has 3 aromatic rings. The predicted molar refractivity (Wildman–Crippen MR) is 116 cm³/mol. The molecule has 1 aromatic heterocycles. The van der Waals surface area contributed by atoms with Crippen LogP contribution in [0.4, 0.5) is 5.69 Å². The van der Waals surface area contributed by atoms with Crippen LogP contribution in [0.2, 0.25) is 0 Å². The first-order valence-electron chi connectivity index (χ1n) is 9.83. The topological polar surface area (TPSA) is 69.6 Å². The summed E-state index contributed by atoms with van der Waals surface area (Å²) >= 11 is 0. The van der Waals surface area contributed by atoms with Crippen molar-refractivity contribution in [3.05, 3.63) is 82.7 Å². The van der Waals surface area contributed by atoms with Crippen molar-refractivity contribution in [2.75, 3.05) is 19.0 Å². The van der Waals surface area contributed by atoms with Crippen molar-refractivity contribution in [2.45, 2.75) is 27.3 Å². The number of ether oxygens (including phenoxy) is 2. The lowest BCUT2D eigenvalue weighted by Gasteiger charge is -2.12. The highest BCUT2D eigenvalue weighted by molar-refractivity contribution is 6.09. The Labute approximate surface area is 176 Å². The fraction of sp³-hybridized carbons (Fsp3) is 0.250. The lowest BCUT2D eigenvalue weighted by molar-refractivity contribution is 0.0513. The maximum absolute atomic E-state index is 13.2. The van der Waals surface area contributed by atoms with Crippen molar-refractivity contribution in [1.82, 2.24) is 4.57 Å². The number of esters is 1. The molecule has 0 spiro atoms. The lowest BCUT2D eigenvalue weighted by Crippen LogP contribution is -2.15. The number of hydrogen-bond acceptors (Lipinski definition) is 4. The van der Waals surface area contributed by atoms with Gasteiger partial charge in [-0.3, -0.25) is 4.79 Å². The van der Waals surface area contributed by atoms with Crippen molar-refractivity contribution < 1.29 is 19.1 Å². The molecule has 2 aromatic carbocycles. The monoisotopic (exact) mass is 406 g/mol. The summed E-state index contributed by atoms with van der Waals surface area (Å²) in [7, 11) is 1.55. The maximum atomic E-state index is 13.2. The van der Waals surface area contributed by atoms with Gasteiger partial charge in [0.25, 0.3) is 5.91 Å². The van der Waals surface area contributed by atoms with E-state index in [-0.39, 0.29) is 12.5 Å². The third kappa shape index (κ3) is 4.22. The molecule has 1 N–H and O–H groups in total. The number of aromatic nitrogens is 1. The summed E-state index contributed by atoms with van der Waals surface area (Å²) in [6.45, 7) is 6.10. The molecule has 0 saturated heterocycles. The summed E-state index contributed by atoms with van der Waals surface area (Å²) in [5.74, 6) is -0.173. The minimum atomic E-state index is -0.439. The van der Waals surface area contributed by atoms with Gasteiger partial charge in [0.1, 0.15) is 11.4 Å². The third-order valence-corrected chi connectivity index (χ3v) is 5.00. The van der Waals surface area contributed by atoms with Crippen LogP contribution in [0.5, 0.6) is 5.75 Å². The second kappa shape index (κ2) is 9.31. The van der Waals surface area contributed by atoms with E-state index in [9.17, 15) is 9.59 Å². The highest BCUT2D eigenvalue weighted by atomic mass is 16.5. The Morgan fingerprint density at radius 1 is 1.00 bits per heavy atom. The molecule has 0 atom stereocenters. The third-order valence-electron chi connectivity index (χ3n) is 5.00. The molecular formula is C24H26N2O4. The summed E-state index contributed by atoms with van der Waals surface area (Å²) in [5, 5.41) is 2.91. The van der Waals surface area contributed by atoms with Gasteiger partial charge < -0.3 is 19.4 Å². The van der Waals surface area contributed by atoms with Gasteiger partial charge in [-0.05, 0) is 44.0 Å². The SMILES string of the molecule is CCOC(=O)c1c(C)c(C(=O)Nc2ccccc2OC)c(C)n1Cc1ccccc1. The van der Waals surface area contributed by atoms with Crippen LogP contribution in [0.1, 0.15) is 44.6 Å². The van der Waals surface area contributed by atoms with Crippen LogP contribution in [0, 0.1) is 13.8 Å². The molecule has 0 radical (unpaired) electrons. The van der Waals surface area contributed by atoms with Gasteiger partial charge in [-0.25, -0.2) is 4.79 Å². The van der Waals surface area contributed by atoms with Gasteiger partial charge in [-0.1, -0.05) is 42.5 Å². The highest BCUT2D eigenvalue weighted by Crippen LogP contribution is 2.28. The molecule has 0 unspecified atom stereocenters. The molecule has 0 aliphatic rings. The first-order valence-corrected chi connectivity index (χ1v) is 9.83. The number of rotatable bonds is 7. The van der Waals surface area contributed by atoms with E-state index in [0.717, 1.165) is 5.56 Å². The molecule has 0 aliphatic carbocycles. The van der Waals surface area contributed by atoms with Gasteiger partial charge in [0.2, 0.25) is 0 Å². The van der Waals surface area contributed by atoms with Crippen LogP contribution in [-0.2, 0) is 11.3 Å². The second-order valence-corrected chi connectivity index (χ2v) is 6.88. The van der Waals surface area contributed by atoms with E-state index in [2.05, 4.69) is 5.32 Å². The van der Waals surface area contributed by atoms with Gasteiger partial charge >= 0.3 is 5.97 Å². The minimum absolute atomic E-state index is 0.260. The van der Waals surface area contributed by atoms with Gasteiger partial charge in [0.15, 0.2) is 0 Å². The number of carbonyl (C=O) groups excluding carboxylic acids is 2. The first-order chi connectivity index (χ1) is 14.5. The number of amides is 1. The Morgan fingerprint density at radius 2 is 1.67 bits per heavy atom. The average molecular weight is 406 g/mol. The van der Waals surface area contributed by atoms with E-state index in [1.54, 1.807) is 33.1 Å². The van der Waals surface area contributed by atoms with E-state index >= 15 is 0 Å². The minimum Gasteiger partial charge on any atom is -0.495 e. The summed E-state index contributed by atoms with van der Waals surface area (Å²) < 4.78 is 12.5. The Bertz CT molecular complexity index is 1050. The summed E-state index contributed by atoms with van der Waals surface area (Å²) in [5.41, 5.74) is 3.74. The van der Waals surface area contributed by atoms with Gasteiger partial charge in [-0.2, -0.15) is 0 Å². The Balaban J connectivity index is 2.05. The first kappa shape index (κ1) is 21.2. The largest absolute Gasteiger partial charge is 0.495 e. The quantitative estimate of drug-likeness (QED) is 0.583. The number of para-hydroxylation sites is 2. The van der Waals surface area contributed by atoms with E-state index in [1.165, 1.54) is 0 Å². The van der Waals surface area contributed by atoms with Crippen molar-refractivity contribution in [2.24, 2.45) is 0 Å². The Morgan fingerprint density at radius 3 is 2.33 bits per heavy atom. The smallest absolute Gasteiger partial charge is 0.355 e. The number of carbonyl (C=O) groups is 2. The van der Waals surface area contributed by atoms with Crippen LogP contribution >= 0.6 is 0 Å². The Hall–Kier alpha value is -3.54. The van der Waals surface area contributed by atoms with Crippen LogP contribution in [0.25, 0.3) is 0 Å². The molecule has 3 rings (SSSR count). The van der Waals surface area contributed by atoms with Gasteiger partial charge in [-0.15, -0.1) is 0 Å². The summed E-state index contributed by atoms with van der Waals surface area (Å²) in [6.07, 6.45) is 0. The fourth-order valence-electron chi connectivity index (χ4n) is 3.59. The molecule has 0 fully saturated rings. The molecule has 1 amide bonds. The number of nitrogens with zero attached hydrogens (tertiary/aromatic N) is 1. The predicted octanol–water partition coefficient (Wildman–Crippen LogP) is 4.59. The lowest BCUT2D eigenvalue weighted by atomic mass is 10.1. The summed E-state index contributed by atoms with van der Waals surface area (Å²) in [6, 6.07) is 17.0. The molecule has 1 heterocycles. The normalized spacial score (nSPS) is 10.5. The molecule has 6 nitrogen and oxygen atoms in total. The standard InChI is InChI=1S/C24H26N2O4/c1-5-30-24(28)22-16(2)21(17(3)26(22)15-18-11-7-6-8-12-18)23(27)25-19-13-9-10-14-20(19)29-4/h6-14H,5,15H2,1-4H3,(H,25,27). The number of benzene rings is 2. The van der Waals surface area contributed by atoms with Crippen molar-refractivity contribution in [3.8, 4) is 5.75 Å². The van der Waals surface area contributed by atoms with Gasteiger partial charge in [0, 0.05) is 12.2 Å². The summed E-state index contributed by atoms with van der Waals surface area (Å²) in [4.78, 5) is 25.9. The Kier molecular flexibility index (Phi) is 6.57. The highest BCUT2D eigenvalue weighted by Gasteiger charge is 2.27. The molecule has 156 valence electrons. The van der Waals surface area contributed by atoms with Crippen LogP contribution in [0.15, 0.2) is 54.6 Å². The number of nitrogens with one attached hydrogen (secondary N) is 1. The molecule has 6 heteroatoms. The second-order valence-electron chi connectivity index (χ2n) is 6.88. The van der Waals surface area contributed by atoms with Crippen molar-refractivity contribution in [1.29, 1.82) is 0 Å².